The zero-order chi connectivity index (χ0) is 18.0. The molecule has 0 aromatic heterocycles. The van der Waals surface area contributed by atoms with Gasteiger partial charge in [-0.2, -0.15) is 0 Å². The number of hydrogen-bond donors (Lipinski definition) is 2. The minimum atomic E-state index is -0.792. The third-order valence-electron chi connectivity index (χ3n) is 3.11. The lowest BCUT2D eigenvalue weighted by Gasteiger charge is -2.16. The highest BCUT2D eigenvalue weighted by atomic mass is 16.6. The van der Waals surface area contributed by atoms with Gasteiger partial charge in [-0.15, -0.1) is 0 Å². The molecule has 1 atom stereocenters. The fourth-order valence-electron chi connectivity index (χ4n) is 1.83. The highest BCUT2D eigenvalue weighted by Gasteiger charge is 2.18. The first kappa shape index (κ1) is 22.2. The molecule has 0 bridgehead atoms. The monoisotopic (exact) mass is 366 g/mol. The van der Waals surface area contributed by atoms with Crippen molar-refractivity contribution in [3.8, 4) is 0 Å². The van der Waals surface area contributed by atoms with E-state index in [0.717, 1.165) is 0 Å². The molecule has 1 unspecified atom stereocenters. The maximum absolute atomic E-state index is 11.6. The molecule has 25 heavy (non-hydrogen) atoms. The predicted molar refractivity (Wildman–Crippen MR) is 87.0 cm³/mol. The maximum Gasteiger partial charge on any atom is 0.265 e. The number of amides is 1. The molecule has 0 aliphatic carbocycles. The van der Waals surface area contributed by atoms with E-state index in [1.807, 2.05) is 0 Å². The van der Waals surface area contributed by atoms with E-state index in [-0.39, 0.29) is 13.2 Å². The third kappa shape index (κ3) is 13.1. The highest BCUT2D eigenvalue weighted by molar-refractivity contribution is 5.80. The first-order chi connectivity index (χ1) is 12.3. The van der Waals surface area contributed by atoms with E-state index < -0.39 is 12.0 Å². The van der Waals surface area contributed by atoms with Crippen molar-refractivity contribution in [3.05, 3.63) is 0 Å². The predicted octanol–water partition coefficient (Wildman–Crippen LogP) is -1.53. The van der Waals surface area contributed by atoms with Crippen molar-refractivity contribution in [2.45, 2.75) is 6.10 Å². The average molecular weight is 366 g/mol. The number of ether oxygens (including phenoxy) is 7. The molecule has 0 aromatic rings. The van der Waals surface area contributed by atoms with E-state index in [1.54, 1.807) is 0 Å². The van der Waals surface area contributed by atoms with Gasteiger partial charge >= 0.3 is 0 Å². The Bertz CT molecular complexity index is 300. The van der Waals surface area contributed by atoms with Crippen molar-refractivity contribution in [1.82, 2.24) is 5.43 Å². The molecule has 148 valence electrons. The van der Waals surface area contributed by atoms with E-state index >= 15 is 0 Å². The normalized spacial score (nSPS) is 24.8. The Morgan fingerprint density at radius 1 is 0.640 bits per heavy atom. The van der Waals surface area contributed by atoms with Crippen molar-refractivity contribution in [3.63, 3.8) is 0 Å². The zero-order valence-electron chi connectivity index (χ0n) is 14.6. The number of carbonyl (C=O) groups is 1. The van der Waals surface area contributed by atoms with Crippen LogP contribution in [0, 0.1) is 0 Å². The summed E-state index contributed by atoms with van der Waals surface area (Å²) in [5.74, 6) is 4.70. The Morgan fingerprint density at radius 3 is 1.40 bits per heavy atom. The van der Waals surface area contributed by atoms with Gasteiger partial charge in [-0.3, -0.25) is 10.2 Å². The fraction of sp³-hybridized carbons (Fsp3) is 0.933. The lowest BCUT2D eigenvalue weighted by atomic mass is 10.3. The van der Waals surface area contributed by atoms with Crippen LogP contribution >= 0.6 is 0 Å². The smallest absolute Gasteiger partial charge is 0.265 e. The summed E-state index contributed by atoms with van der Waals surface area (Å²) < 4.78 is 37.6. The number of nitrogens with two attached hydrogens (primary N) is 1. The molecular weight excluding hydrogens is 336 g/mol. The molecule has 10 heteroatoms. The molecule has 0 radical (unpaired) electrons. The lowest BCUT2D eigenvalue weighted by Crippen LogP contribution is -2.43. The molecule has 0 spiro atoms. The van der Waals surface area contributed by atoms with Gasteiger partial charge in [-0.25, -0.2) is 5.84 Å². The topological polar surface area (TPSA) is 120 Å². The largest absolute Gasteiger partial charge is 0.377 e. The molecule has 1 heterocycles. The van der Waals surface area contributed by atoms with Crippen LogP contribution in [0.3, 0.4) is 0 Å². The summed E-state index contributed by atoms with van der Waals surface area (Å²) in [6, 6.07) is 0. The molecule has 10 nitrogen and oxygen atoms in total. The standard InChI is InChI=1S/C15H30N2O8/c16-17-15(18)14-13-24-10-9-22-6-5-20-2-1-19-3-4-21-7-8-23-11-12-25-14/h14H,1-13,16H2,(H,17,18). The maximum atomic E-state index is 11.6. The van der Waals surface area contributed by atoms with E-state index in [4.69, 9.17) is 39.0 Å². The quantitative estimate of drug-likeness (QED) is 0.324. The second-order valence-electron chi connectivity index (χ2n) is 5.00. The second kappa shape index (κ2) is 16.6. The molecule has 1 amide bonds. The molecule has 0 aromatic carbocycles. The third-order valence-corrected chi connectivity index (χ3v) is 3.11. The van der Waals surface area contributed by atoms with E-state index in [2.05, 4.69) is 5.43 Å². The number of nitrogens with one attached hydrogen (secondary N) is 1. The van der Waals surface area contributed by atoms with E-state index in [1.165, 1.54) is 0 Å². The average Bonchev–Trinajstić information content (AvgIpc) is 2.63. The van der Waals surface area contributed by atoms with Crippen LogP contribution in [-0.2, 0) is 38.0 Å². The van der Waals surface area contributed by atoms with Gasteiger partial charge in [-0.1, -0.05) is 0 Å². The van der Waals surface area contributed by atoms with Gasteiger partial charge in [0, 0.05) is 0 Å². The van der Waals surface area contributed by atoms with Crippen LogP contribution in [0.1, 0.15) is 0 Å². The number of rotatable bonds is 1. The summed E-state index contributed by atoms with van der Waals surface area (Å²) in [4.78, 5) is 11.6. The van der Waals surface area contributed by atoms with Crippen molar-refractivity contribution >= 4 is 5.91 Å². The molecule has 0 saturated carbocycles. The summed E-state index contributed by atoms with van der Waals surface area (Å²) in [6.45, 7) is 5.31. The Kier molecular flexibility index (Phi) is 14.7. The Labute approximate surface area is 148 Å². The Hall–Kier alpha value is -0.850. The van der Waals surface area contributed by atoms with Gasteiger partial charge < -0.3 is 33.2 Å². The van der Waals surface area contributed by atoms with Gasteiger partial charge in [-0.05, 0) is 0 Å². The first-order valence-corrected chi connectivity index (χ1v) is 8.43. The number of carbonyl (C=O) groups excluding carboxylic acids is 1. The summed E-state index contributed by atoms with van der Waals surface area (Å²) in [6.07, 6.45) is -0.792. The minimum Gasteiger partial charge on any atom is -0.377 e. The number of hydrogen-bond acceptors (Lipinski definition) is 9. The zero-order valence-corrected chi connectivity index (χ0v) is 14.6. The Morgan fingerprint density at radius 2 is 1.00 bits per heavy atom. The van der Waals surface area contributed by atoms with Crippen LogP contribution in [0.15, 0.2) is 0 Å². The van der Waals surface area contributed by atoms with Gasteiger partial charge in [0.1, 0.15) is 0 Å². The summed E-state index contributed by atoms with van der Waals surface area (Å²) in [5, 5.41) is 0. The molecule has 1 saturated heterocycles. The van der Waals surface area contributed by atoms with Crippen molar-refractivity contribution < 1.29 is 38.0 Å². The SMILES string of the molecule is NNC(=O)C1COCCOCCOCCOCCOCCOCCO1. The van der Waals surface area contributed by atoms with Crippen LogP contribution in [0.2, 0.25) is 0 Å². The first-order valence-electron chi connectivity index (χ1n) is 8.43. The Balaban J connectivity index is 2.26. The van der Waals surface area contributed by atoms with Gasteiger partial charge in [0.15, 0.2) is 6.10 Å². The van der Waals surface area contributed by atoms with E-state index in [0.29, 0.717) is 72.7 Å². The molecule has 1 aliphatic rings. The van der Waals surface area contributed by atoms with Crippen molar-refractivity contribution in [2.75, 3.05) is 85.9 Å². The summed E-state index contributed by atoms with van der Waals surface area (Å²) in [5.41, 5.74) is 2.06. The van der Waals surface area contributed by atoms with Crippen LogP contribution in [-0.4, -0.2) is 97.9 Å². The molecule has 1 fully saturated rings. The van der Waals surface area contributed by atoms with Gasteiger partial charge in [0.05, 0.1) is 85.9 Å². The highest BCUT2D eigenvalue weighted by Crippen LogP contribution is 1.95. The van der Waals surface area contributed by atoms with Gasteiger partial charge in [0.2, 0.25) is 0 Å². The van der Waals surface area contributed by atoms with Crippen molar-refractivity contribution in [2.24, 2.45) is 5.84 Å². The summed E-state index contributed by atoms with van der Waals surface area (Å²) >= 11 is 0. The van der Waals surface area contributed by atoms with Crippen LogP contribution in [0.5, 0.6) is 0 Å². The van der Waals surface area contributed by atoms with Gasteiger partial charge in [0.25, 0.3) is 5.91 Å². The fourth-order valence-corrected chi connectivity index (χ4v) is 1.83. The van der Waals surface area contributed by atoms with E-state index in [9.17, 15) is 4.79 Å². The van der Waals surface area contributed by atoms with Crippen LogP contribution < -0.4 is 11.3 Å². The molecule has 1 aliphatic heterocycles. The van der Waals surface area contributed by atoms with Crippen LogP contribution in [0.25, 0.3) is 0 Å². The summed E-state index contributed by atoms with van der Waals surface area (Å²) in [7, 11) is 0. The molecule has 1 rings (SSSR count). The number of hydrazine groups is 1. The van der Waals surface area contributed by atoms with Crippen molar-refractivity contribution in [1.29, 1.82) is 0 Å². The lowest BCUT2D eigenvalue weighted by molar-refractivity contribution is -0.139. The molecule has 3 N–H and O–H groups in total. The minimum absolute atomic E-state index is 0.0867. The second-order valence-corrected chi connectivity index (χ2v) is 5.00. The van der Waals surface area contributed by atoms with Crippen LogP contribution in [0.4, 0.5) is 0 Å². The molecular formula is C15H30N2O8.